The minimum atomic E-state index is -3.44. The summed E-state index contributed by atoms with van der Waals surface area (Å²) in [7, 11) is -0.471. The Morgan fingerprint density at radius 1 is 1.33 bits per heavy atom. The van der Waals surface area contributed by atoms with E-state index < -0.39 is 10.0 Å². The van der Waals surface area contributed by atoms with E-state index in [0.29, 0.717) is 5.69 Å². The van der Waals surface area contributed by atoms with Gasteiger partial charge in [-0.2, -0.15) is 11.8 Å². The number of nitrogens with one attached hydrogen (secondary N) is 2. The molecule has 116 valence electrons. The van der Waals surface area contributed by atoms with Gasteiger partial charge in [0.1, 0.15) is 0 Å². The lowest BCUT2D eigenvalue weighted by Gasteiger charge is -2.22. The summed E-state index contributed by atoms with van der Waals surface area (Å²) in [5.74, 6) is 1.67. The van der Waals surface area contributed by atoms with Gasteiger partial charge in [-0.25, -0.2) is 12.7 Å². The van der Waals surface area contributed by atoms with Crippen LogP contribution in [0.5, 0.6) is 0 Å². The van der Waals surface area contributed by atoms with Crippen LogP contribution in [0.4, 0.5) is 5.69 Å². The molecule has 1 aliphatic heterocycles. The molecule has 0 aliphatic carbocycles. The van der Waals surface area contributed by atoms with Crippen LogP contribution in [0.2, 0.25) is 0 Å². The lowest BCUT2D eigenvalue weighted by molar-refractivity contribution is -0.117. The number of amides is 1. The van der Waals surface area contributed by atoms with E-state index in [1.807, 2.05) is 0 Å². The molecular weight excluding hydrogens is 310 g/mol. The molecule has 0 spiro atoms. The van der Waals surface area contributed by atoms with Crippen LogP contribution >= 0.6 is 11.8 Å². The first-order valence-corrected chi connectivity index (χ1v) is 9.15. The molecule has 6 nitrogen and oxygen atoms in total. The van der Waals surface area contributed by atoms with Crippen LogP contribution in [0.25, 0.3) is 0 Å². The molecule has 21 heavy (non-hydrogen) atoms. The highest BCUT2D eigenvalue weighted by Crippen LogP contribution is 2.17. The number of nitrogens with zero attached hydrogens (tertiary/aromatic N) is 1. The Bertz CT molecular complexity index is 594. The van der Waals surface area contributed by atoms with Gasteiger partial charge in [-0.3, -0.25) is 4.79 Å². The fourth-order valence-electron chi connectivity index (χ4n) is 1.88. The smallest absolute Gasteiger partial charge is 0.242 e. The first-order chi connectivity index (χ1) is 9.91. The minimum absolute atomic E-state index is 0.0922. The van der Waals surface area contributed by atoms with Crippen molar-refractivity contribution < 1.29 is 13.2 Å². The number of hydrogen-bond donors (Lipinski definition) is 2. The summed E-state index contributed by atoms with van der Waals surface area (Å²) in [6, 6.07) is 5.99. The summed E-state index contributed by atoms with van der Waals surface area (Å²) >= 11 is 1.74. The molecule has 2 rings (SSSR count). The van der Waals surface area contributed by atoms with E-state index in [9.17, 15) is 13.2 Å². The van der Waals surface area contributed by atoms with Crippen molar-refractivity contribution in [3.8, 4) is 0 Å². The van der Waals surface area contributed by atoms with Gasteiger partial charge in [0.05, 0.1) is 10.9 Å². The monoisotopic (exact) mass is 329 g/mol. The average molecular weight is 329 g/mol. The Morgan fingerprint density at radius 2 is 2.00 bits per heavy atom. The molecule has 0 saturated carbocycles. The van der Waals surface area contributed by atoms with Crippen LogP contribution in [-0.2, 0) is 14.8 Å². The Kier molecular flexibility index (Phi) is 5.26. The molecule has 8 heteroatoms. The molecule has 1 fully saturated rings. The summed E-state index contributed by atoms with van der Waals surface area (Å²) in [6.45, 7) is 0.822. The van der Waals surface area contributed by atoms with Crippen molar-refractivity contribution in [1.29, 1.82) is 0 Å². The predicted octanol–water partition coefficient (Wildman–Crippen LogP) is 0.580. The lowest BCUT2D eigenvalue weighted by Crippen LogP contribution is -2.46. The zero-order valence-corrected chi connectivity index (χ0v) is 13.6. The van der Waals surface area contributed by atoms with Crippen molar-refractivity contribution in [2.45, 2.75) is 10.9 Å². The van der Waals surface area contributed by atoms with E-state index in [-0.39, 0.29) is 16.8 Å². The molecule has 0 aromatic heterocycles. The molecule has 1 aromatic carbocycles. The van der Waals surface area contributed by atoms with Crippen molar-refractivity contribution >= 4 is 33.4 Å². The average Bonchev–Trinajstić information content (AvgIpc) is 2.48. The Labute approximate surface area is 129 Å². The van der Waals surface area contributed by atoms with Crippen LogP contribution in [0.15, 0.2) is 29.2 Å². The van der Waals surface area contributed by atoms with Gasteiger partial charge in [0.2, 0.25) is 15.9 Å². The van der Waals surface area contributed by atoms with E-state index in [2.05, 4.69) is 10.6 Å². The Morgan fingerprint density at radius 3 is 2.52 bits per heavy atom. The van der Waals surface area contributed by atoms with Crippen molar-refractivity contribution in [3.63, 3.8) is 0 Å². The fraction of sp³-hybridized carbons (Fsp3) is 0.462. The highest BCUT2D eigenvalue weighted by Gasteiger charge is 2.21. The third-order valence-electron chi connectivity index (χ3n) is 3.14. The largest absolute Gasteiger partial charge is 0.325 e. The second-order valence-electron chi connectivity index (χ2n) is 4.88. The van der Waals surface area contributed by atoms with E-state index in [1.165, 1.54) is 26.2 Å². The highest BCUT2D eigenvalue weighted by molar-refractivity contribution is 7.99. The summed E-state index contributed by atoms with van der Waals surface area (Å²) in [6.07, 6.45) is 0. The number of hydrogen-bond acceptors (Lipinski definition) is 5. The molecule has 1 amide bonds. The quantitative estimate of drug-likeness (QED) is 0.845. The molecule has 1 saturated heterocycles. The van der Waals surface area contributed by atoms with Crippen molar-refractivity contribution in [3.05, 3.63) is 24.3 Å². The summed E-state index contributed by atoms with van der Waals surface area (Å²) in [5, 5.41) is 5.95. The molecule has 1 atom stereocenters. The number of rotatable bonds is 4. The number of carbonyl (C=O) groups excluding carboxylic acids is 1. The molecule has 0 bridgehead atoms. The van der Waals surface area contributed by atoms with Crippen LogP contribution in [0.1, 0.15) is 0 Å². The van der Waals surface area contributed by atoms with Gasteiger partial charge in [0.15, 0.2) is 0 Å². The number of sulfonamides is 1. The van der Waals surface area contributed by atoms with Gasteiger partial charge < -0.3 is 10.6 Å². The molecule has 2 N–H and O–H groups in total. The van der Waals surface area contributed by atoms with Crippen molar-refractivity contribution in [2.75, 3.05) is 37.5 Å². The topological polar surface area (TPSA) is 78.5 Å². The number of anilines is 1. The second-order valence-corrected chi connectivity index (χ2v) is 8.18. The van der Waals surface area contributed by atoms with Crippen LogP contribution in [0, 0.1) is 0 Å². The van der Waals surface area contributed by atoms with Gasteiger partial charge >= 0.3 is 0 Å². The normalized spacial score (nSPS) is 19.5. The number of benzene rings is 1. The van der Waals surface area contributed by atoms with Crippen LogP contribution < -0.4 is 10.6 Å². The minimum Gasteiger partial charge on any atom is -0.325 e. The van der Waals surface area contributed by atoms with Gasteiger partial charge in [-0.15, -0.1) is 0 Å². The van der Waals surface area contributed by atoms with Crippen molar-refractivity contribution in [1.82, 2.24) is 9.62 Å². The summed E-state index contributed by atoms with van der Waals surface area (Å²) in [5.41, 5.74) is 0.593. The third-order valence-corrected chi connectivity index (χ3v) is 6.03. The van der Waals surface area contributed by atoms with Gasteiger partial charge in [-0.1, -0.05) is 0 Å². The molecular formula is C13H19N3O3S2. The standard InChI is InChI=1S/C13H19N3O3S2/c1-16(2)21(18,19)11-5-3-10(4-6-11)15-13(17)12-9-20-8-7-14-12/h3-6,12,14H,7-9H2,1-2H3,(H,15,17). The maximum absolute atomic E-state index is 12.0. The number of carbonyl (C=O) groups is 1. The second kappa shape index (κ2) is 6.78. The van der Waals surface area contributed by atoms with E-state index in [1.54, 1.807) is 23.9 Å². The number of thioether (sulfide) groups is 1. The highest BCUT2D eigenvalue weighted by atomic mass is 32.2. The molecule has 1 aliphatic rings. The summed E-state index contributed by atoms with van der Waals surface area (Å²) in [4.78, 5) is 12.2. The first kappa shape index (κ1) is 16.3. The van der Waals surface area contributed by atoms with E-state index >= 15 is 0 Å². The SMILES string of the molecule is CN(C)S(=O)(=O)c1ccc(NC(=O)C2CSCCN2)cc1. The van der Waals surface area contributed by atoms with Gasteiger partial charge in [0.25, 0.3) is 0 Å². The lowest BCUT2D eigenvalue weighted by atomic mass is 10.2. The Hall–Kier alpha value is -1.09. The maximum Gasteiger partial charge on any atom is 0.242 e. The fourth-order valence-corrected chi connectivity index (χ4v) is 3.72. The Balaban J connectivity index is 2.04. The first-order valence-electron chi connectivity index (χ1n) is 6.56. The third kappa shape index (κ3) is 3.97. The zero-order chi connectivity index (χ0) is 15.5. The van der Waals surface area contributed by atoms with Crippen LogP contribution in [-0.4, -0.2) is 56.8 Å². The van der Waals surface area contributed by atoms with Crippen molar-refractivity contribution in [2.24, 2.45) is 0 Å². The van der Waals surface area contributed by atoms with E-state index in [4.69, 9.17) is 0 Å². The molecule has 0 radical (unpaired) electrons. The predicted molar refractivity (Wildman–Crippen MR) is 85.1 cm³/mol. The molecule has 1 heterocycles. The zero-order valence-electron chi connectivity index (χ0n) is 12.0. The van der Waals surface area contributed by atoms with Crippen LogP contribution in [0.3, 0.4) is 0 Å². The van der Waals surface area contributed by atoms with E-state index in [0.717, 1.165) is 22.4 Å². The molecule has 1 unspecified atom stereocenters. The summed E-state index contributed by atoms with van der Waals surface area (Å²) < 4.78 is 25.0. The molecule has 1 aromatic rings. The van der Waals surface area contributed by atoms with Gasteiger partial charge in [0, 0.05) is 37.8 Å². The van der Waals surface area contributed by atoms with Gasteiger partial charge in [-0.05, 0) is 24.3 Å². The maximum atomic E-state index is 12.0.